The smallest absolute Gasteiger partial charge is 0.326 e. The molecular formula is C18H25N3O5. The van der Waals surface area contributed by atoms with Crippen LogP contribution in [0.25, 0.3) is 0 Å². The van der Waals surface area contributed by atoms with Crippen molar-refractivity contribution in [3.05, 3.63) is 35.9 Å². The van der Waals surface area contributed by atoms with Crippen LogP contribution in [0.4, 0.5) is 0 Å². The molecule has 0 radical (unpaired) electrons. The van der Waals surface area contributed by atoms with E-state index in [4.69, 9.17) is 0 Å². The van der Waals surface area contributed by atoms with Gasteiger partial charge in [-0.15, -0.1) is 0 Å². The van der Waals surface area contributed by atoms with Crippen molar-refractivity contribution in [2.24, 2.45) is 0 Å². The average molecular weight is 363 g/mol. The van der Waals surface area contributed by atoms with Gasteiger partial charge in [-0.2, -0.15) is 0 Å². The molecule has 0 bridgehead atoms. The van der Waals surface area contributed by atoms with E-state index in [1.807, 2.05) is 6.07 Å². The van der Waals surface area contributed by atoms with E-state index in [-0.39, 0.29) is 12.3 Å². The highest BCUT2D eigenvalue weighted by atomic mass is 16.4. The quantitative estimate of drug-likeness (QED) is 0.420. The second-order valence-corrected chi connectivity index (χ2v) is 6.46. The van der Waals surface area contributed by atoms with Gasteiger partial charge in [-0.1, -0.05) is 30.3 Å². The molecule has 26 heavy (non-hydrogen) atoms. The lowest BCUT2D eigenvalue weighted by molar-refractivity contribution is -0.142. The van der Waals surface area contributed by atoms with Crippen molar-refractivity contribution in [3.63, 3.8) is 0 Å². The van der Waals surface area contributed by atoms with Crippen molar-refractivity contribution in [2.75, 3.05) is 6.54 Å². The molecule has 0 aliphatic carbocycles. The predicted octanol–water partition coefficient (Wildman–Crippen LogP) is -0.584. The van der Waals surface area contributed by atoms with Gasteiger partial charge in [0.2, 0.25) is 11.8 Å². The molecule has 1 aromatic carbocycles. The second-order valence-electron chi connectivity index (χ2n) is 6.46. The van der Waals surface area contributed by atoms with Gasteiger partial charge < -0.3 is 26.2 Å². The minimum atomic E-state index is -1.22. The summed E-state index contributed by atoms with van der Waals surface area (Å²) < 4.78 is 0. The summed E-state index contributed by atoms with van der Waals surface area (Å²) in [5, 5.41) is 27.2. The first-order valence-corrected chi connectivity index (χ1v) is 8.67. The molecule has 0 spiro atoms. The number of hydrogen-bond acceptors (Lipinski definition) is 5. The van der Waals surface area contributed by atoms with Gasteiger partial charge in [-0.25, -0.2) is 4.79 Å². The lowest BCUT2D eigenvalue weighted by Crippen LogP contribution is -2.58. The molecule has 1 aromatic rings. The van der Waals surface area contributed by atoms with E-state index in [0.29, 0.717) is 6.42 Å². The van der Waals surface area contributed by atoms with Crippen molar-refractivity contribution in [2.45, 2.75) is 50.4 Å². The predicted molar refractivity (Wildman–Crippen MR) is 94.3 cm³/mol. The van der Waals surface area contributed by atoms with E-state index in [9.17, 15) is 24.6 Å². The fourth-order valence-corrected chi connectivity index (χ4v) is 2.88. The lowest BCUT2D eigenvalue weighted by atomic mass is 10.0. The summed E-state index contributed by atoms with van der Waals surface area (Å²) >= 11 is 0. The summed E-state index contributed by atoms with van der Waals surface area (Å²) in [6.45, 7) is 2.10. The number of rotatable bonds is 8. The van der Waals surface area contributed by atoms with E-state index < -0.39 is 36.1 Å². The van der Waals surface area contributed by atoms with Crippen LogP contribution in [0.15, 0.2) is 30.3 Å². The van der Waals surface area contributed by atoms with Gasteiger partial charge >= 0.3 is 5.97 Å². The van der Waals surface area contributed by atoms with Crippen molar-refractivity contribution in [1.29, 1.82) is 0 Å². The third kappa shape index (κ3) is 5.53. The van der Waals surface area contributed by atoms with Crippen molar-refractivity contribution in [1.82, 2.24) is 16.0 Å². The molecule has 2 rings (SSSR count). The number of aliphatic hydroxyl groups is 1. The molecule has 8 nitrogen and oxygen atoms in total. The molecule has 1 fully saturated rings. The van der Waals surface area contributed by atoms with E-state index in [0.717, 1.165) is 18.5 Å². The Morgan fingerprint density at radius 3 is 2.46 bits per heavy atom. The fourth-order valence-electron chi connectivity index (χ4n) is 2.88. The Morgan fingerprint density at radius 1 is 1.23 bits per heavy atom. The van der Waals surface area contributed by atoms with E-state index in [1.165, 1.54) is 6.92 Å². The van der Waals surface area contributed by atoms with Gasteiger partial charge in [0.1, 0.15) is 12.1 Å². The molecule has 142 valence electrons. The Morgan fingerprint density at radius 2 is 1.92 bits per heavy atom. The van der Waals surface area contributed by atoms with Gasteiger partial charge in [-0.3, -0.25) is 9.59 Å². The summed E-state index contributed by atoms with van der Waals surface area (Å²) in [7, 11) is 0. The zero-order valence-corrected chi connectivity index (χ0v) is 14.6. The highest BCUT2D eigenvalue weighted by molar-refractivity contribution is 5.92. The first-order valence-electron chi connectivity index (χ1n) is 8.67. The number of nitrogens with one attached hydrogen (secondary N) is 3. The number of aliphatic hydroxyl groups excluding tert-OH is 1. The highest BCUT2D eigenvalue weighted by Gasteiger charge is 2.32. The van der Waals surface area contributed by atoms with Crippen LogP contribution in [0.2, 0.25) is 0 Å². The van der Waals surface area contributed by atoms with Crippen LogP contribution in [-0.4, -0.2) is 58.8 Å². The van der Waals surface area contributed by atoms with Gasteiger partial charge in [0.15, 0.2) is 0 Å². The van der Waals surface area contributed by atoms with Crippen LogP contribution in [-0.2, 0) is 20.8 Å². The van der Waals surface area contributed by atoms with Gasteiger partial charge in [0.05, 0.1) is 12.1 Å². The Labute approximate surface area is 152 Å². The minimum absolute atomic E-state index is 0.104. The number of carbonyl (C=O) groups is 3. The Balaban J connectivity index is 2.01. The highest BCUT2D eigenvalue weighted by Crippen LogP contribution is 2.07. The molecule has 4 unspecified atom stereocenters. The first-order chi connectivity index (χ1) is 12.4. The van der Waals surface area contributed by atoms with E-state index >= 15 is 0 Å². The Kier molecular flexibility index (Phi) is 7.11. The largest absolute Gasteiger partial charge is 0.480 e. The molecule has 1 aliphatic rings. The zero-order chi connectivity index (χ0) is 19.1. The van der Waals surface area contributed by atoms with Crippen molar-refractivity contribution in [3.8, 4) is 0 Å². The third-order valence-electron chi connectivity index (χ3n) is 4.34. The second kappa shape index (κ2) is 9.30. The molecular weight excluding hydrogens is 338 g/mol. The molecule has 8 heteroatoms. The standard InChI is InChI=1S/C18H25N3O5/c1-11(22)15(21-16(23)13-8-5-9-19-13)17(24)20-14(18(25)26)10-12-6-3-2-4-7-12/h2-4,6-7,11,13-15,19,22H,5,8-10H2,1H3,(H,20,24)(H,21,23)(H,25,26). The molecule has 4 atom stereocenters. The molecule has 0 aromatic heterocycles. The zero-order valence-electron chi connectivity index (χ0n) is 14.6. The summed E-state index contributed by atoms with van der Waals surface area (Å²) in [4.78, 5) is 36.2. The fraction of sp³-hybridized carbons (Fsp3) is 0.500. The summed E-state index contributed by atoms with van der Waals surface area (Å²) in [6.07, 6.45) is 0.464. The summed E-state index contributed by atoms with van der Waals surface area (Å²) in [6, 6.07) is 6.13. The number of benzene rings is 1. The first kappa shape index (κ1) is 19.9. The normalized spacial score (nSPS) is 20.0. The maximum absolute atomic E-state index is 12.5. The third-order valence-corrected chi connectivity index (χ3v) is 4.34. The lowest BCUT2D eigenvalue weighted by Gasteiger charge is -2.24. The van der Waals surface area contributed by atoms with Crippen molar-refractivity contribution < 1.29 is 24.6 Å². The Hall–Kier alpha value is -2.45. The number of carboxylic acid groups (broad SMARTS) is 1. The molecule has 1 aliphatic heterocycles. The van der Waals surface area contributed by atoms with Crippen LogP contribution in [0, 0.1) is 0 Å². The minimum Gasteiger partial charge on any atom is -0.480 e. The average Bonchev–Trinajstić information content (AvgIpc) is 3.14. The summed E-state index contributed by atoms with van der Waals surface area (Å²) in [5.74, 6) is -2.29. The van der Waals surface area contributed by atoms with E-state index in [1.54, 1.807) is 24.3 Å². The maximum atomic E-state index is 12.5. The van der Waals surface area contributed by atoms with Gasteiger partial charge in [-0.05, 0) is 31.9 Å². The molecule has 0 saturated carbocycles. The summed E-state index contributed by atoms with van der Waals surface area (Å²) in [5.41, 5.74) is 0.757. The number of carboxylic acids is 1. The van der Waals surface area contributed by atoms with Crippen LogP contribution < -0.4 is 16.0 Å². The Bertz CT molecular complexity index is 629. The van der Waals surface area contributed by atoms with Gasteiger partial charge in [0.25, 0.3) is 0 Å². The number of carbonyl (C=O) groups excluding carboxylic acids is 2. The molecule has 5 N–H and O–H groups in total. The van der Waals surface area contributed by atoms with Crippen molar-refractivity contribution >= 4 is 17.8 Å². The SMILES string of the molecule is CC(O)C(NC(=O)C1CCCN1)C(=O)NC(Cc1ccccc1)C(=O)O. The number of aliphatic carboxylic acids is 1. The van der Waals surface area contributed by atoms with Crippen LogP contribution in [0.5, 0.6) is 0 Å². The molecule has 1 saturated heterocycles. The molecule has 2 amide bonds. The molecule has 1 heterocycles. The van der Waals surface area contributed by atoms with Gasteiger partial charge in [0, 0.05) is 6.42 Å². The van der Waals surface area contributed by atoms with Crippen LogP contribution >= 0.6 is 0 Å². The number of amides is 2. The van der Waals surface area contributed by atoms with E-state index in [2.05, 4.69) is 16.0 Å². The number of hydrogen-bond donors (Lipinski definition) is 5. The van der Waals surface area contributed by atoms with Crippen LogP contribution in [0.3, 0.4) is 0 Å². The maximum Gasteiger partial charge on any atom is 0.326 e. The topological polar surface area (TPSA) is 128 Å². The van der Waals surface area contributed by atoms with Crippen LogP contribution in [0.1, 0.15) is 25.3 Å². The monoisotopic (exact) mass is 363 g/mol.